The Labute approximate surface area is 157 Å². The van der Waals surface area contributed by atoms with Crippen molar-refractivity contribution >= 4 is 35.2 Å². The van der Waals surface area contributed by atoms with Gasteiger partial charge in [0.05, 0.1) is 4.87 Å². The van der Waals surface area contributed by atoms with Gasteiger partial charge in [0.2, 0.25) is 11.8 Å². The van der Waals surface area contributed by atoms with Crippen LogP contribution in [-0.2, 0) is 9.59 Å². The van der Waals surface area contributed by atoms with Crippen LogP contribution in [-0.4, -0.2) is 57.3 Å². The quantitative estimate of drug-likeness (QED) is 0.883. The Morgan fingerprint density at radius 3 is 2.81 bits per heavy atom. The molecule has 0 radical (unpaired) electrons. The number of anilines is 1. The molecule has 1 N–H and O–H groups in total. The van der Waals surface area contributed by atoms with E-state index >= 15 is 0 Å². The lowest BCUT2D eigenvalue weighted by molar-refractivity contribution is -0.135. The molecule has 138 valence electrons. The molecular weight excluding hydrogens is 350 g/mol. The molecule has 3 saturated heterocycles. The van der Waals surface area contributed by atoms with E-state index < -0.39 is 6.04 Å². The van der Waals surface area contributed by atoms with E-state index in [2.05, 4.69) is 5.32 Å². The number of carbonyl (C=O) groups excluding carboxylic acids is 3. The number of hydrogen-bond acceptors (Lipinski definition) is 4. The number of likely N-dealkylation sites (tertiary alicyclic amines) is 1. The van der Waals surface area contributed by atoms with Crippen LogP contribution in [0.4, 0.5) is 5.69 Å². The summed E-state index contributed by atoms with van der Waals surface area (Å²) in [7, 11) is 0. The third kappa shape index (κ3) is 2.98. The van der Waals surface area contributed by atoms with Gasteiger partial charge in [-0.2, -0.15) is 0 Å². The van der Waals surface area contributed by atoms with Gasteiger partial charge in [-0.15, -0.1) is 11.8 Å². The second kappa shape index (κ2) is 6.61. The summed E-state index contributed by atoms with van der Waals surface area (Å²) >= 11 is 1.67. The number of benzene rings is 1. The van der Waals surface area contributed by atoms with E-state index in [4.69, 9.17) is 0 Å². The van der Waals surface area contributed by atoms with E-state index in [0.717, 1.165) is 32.4 Å². The summed E-state index contributed by atoms with van der Waals surface area (Å²) < 4.78 is 0. The Balaban J connectivity index is 1.47. The molecule has 26 heavy (non-hydrogen) atoms. The molecule has 1 aromatic rings. The van der Waals surface area contributed by atoms with Gasteiger partial charge in [0, 0.05) is 36.5 Å². The van der Waals surface area contributed by atoms with Gasteiger partial charge in [0.15, 0.2) is 0 Å². The third-order valence-corrected chi connectivity index (χ3v) is 7.02. The molecule has 4 rings (SSSR count). The Kier molecular flexibility index (Phi) is 4.42. The lowest BCUT2D eigenvalue weighted by atomic mass is 10.1. The van der Waals surface area contributed by atoms with Crippen molar-refractivity contribution in [3.05, 3.63) is 29.8 Å². The normalized spacial score (nSPS) is 27.7. The molecular formula is C19H23N3O3S. The van der Waals surface area contributed by atoms with Gasteiger partial charge in [0.1, 0.15) is 6.04 Å². The average molecular weight is 373 g/mol. The highest BCUT2D eigenvalue weighted by Crippen LogP contribution is 2.47. The molecule has 1 aromatic carbocycles. The molecule has 0 unspecified atom stereocenters. The van der Waals surface area contributed by atoms with Gasteiger partial charge in [-0.05, 0) is 44.4 Å². The number of hydrogen-bond donors (Lipinski definition) is 1. The van der Waals surface area contributed by atoms with Gasteiger partial charge in [-0.1, -0.05) is 6.07 Å². The Bertz CT molecular complexity index is 762. The van der Waals surface area contributed by atoms with Crippen molar-refractivity contribution in [1.82, 2.24) is 9.80 Å². The number of nitrogens with one attached hydrogen (secondary N) is 1. The molecule has 3 heterocycles. The van der Waals surface area contributed by atoms with E-state index in [1.165, 1.54) is 0 Å². The highest BCUT2D eigenvalue weighted by atomic mass is 32.2. The maximum atomic E-state index is 12.8. The zero-order chi connectivity index (χ0) is 18.3. The smallest absolute Gasteiger partial charge is 0.253 e. The Hall–Kier alpha value is -2.02. The van der Waals surface area contributed by atoms with Crippen LogP contribution in [0, 0.1) is 0 Å². The fraction of sp³-hybridized carbons (Fsp3) is 0.526. The maximum Gasteiger partial charge on any atom is 0.253 e. The van der Waals surface area contributed by atoms with Crippen LogP contribution in [0.5, 0.6) is 0 Å². The van der Waals surface area contributed by atoms with Crippen LogP contribution in [0.3, 0.4) is 0 Å². The molecule has 2 atom stereocenters. The van der Waals surface area contributed by atoms with Gasteiger partial charge >= 0.3 is 0 Å². The summed E-state index contributed by atoms with van der Waals surface area (Å²) in [5.41, 5.74) is 1.19. The summed E-state index contributed by atoms with van der Waals surface area (Å²) in [6, 6.07) is 6.63. The van der Waals surface area contributed by atoms with Crippen LogP contribution in [0.1, 0.15) is 43.0 Å². The van der Waals surface area contributed by atoms with Crippen molar-refractivity contribution < 1.29 is 14.4 Å². The molecule has 0 aliphatic carbocycles. The number of nitrogens with zero attached hydrogens (tertiary/aromatic N) is 2. The molecule has 0 bridgehead atoms. The number of thioether (sulfide) groups is 1. The van der Waals surface area contributed by atoms with Gasteiger partial charge in [0.25, 0.3) is 5.91 Å². The molecule has 0 spiro atoms. The van der Waals surface area contributed by atoms with E-state index in [9.17, 15) is 14.4 Å². The predicted molar refractivity (Wildman–Crippen MR) is 101 cm³/mol. The SMILES string of the molecule is C[C@@]12CCC(=O)N1[C@H](C(=O)Nc1cccc(C(=O)N3CCCC3)c1)CS2. The predicted octanol–water partition coefficient (Wildman–Crippen LogP) is 2.32. The number of fused-ring (bicyclic) bond motifs is 1. The highest BCUT2D eigenvalue weighted by Gasteiger charge is 2.52. The van der Waals surface area contributed by atoms with Crippen LogP contribution >= 0.6 is 11.8 Å². The lowest BCUT2D eigenvalue weighted by Gasteiger charge is -2.29. The van der Waals surface area contributed by atoms with Crippen molar-refractivity contribution in [2.24, 2.45) is 0 Å². The maximum absolute atomic E-state index is 12.8. The first-order valence-electron chi connectivity index (χ1n) is 9.14. The second-order valence-corrected chi connectivity index (χ2v) is 8.84. The summed E-state index contributed by atoms with van der Waals surface area (Å²) in [6.45, 7) is 3.62. The fourth-order valence-electron chi connectivity index (χ4n) is 4.07. The molecule has 0 aromatic heterocycles. The third-order valence-electron chi connectivity index (χ3n) is 5.52. The molecule has 3 amide bonds. The summed E-state index contributed by atoms with van der Waals surface area (Å²) in [4.78, 5) is 40.8. The number of amides is 3. The molecule has 7 heteroatoms. The largest absolute Gasteiger partial charge is 0.339 e. The monoisotopic (exact) mass is 373 g/mol. The Morgan fingerprint density at radius 1 is 1.27 bits per heavy atom. The molecule has 3 fully saturated rings. The summed E-state index contributed by atoms with van der Waals surface area (Å²) in [5, 5.41) is 2.90. The Morgan fingerprint density at radius 2 is 2.04 bits per heavy atom. The minimum Gasteiger partial charge on any atom is -0.339 e. The topological polar surface area (TPSA) is 69.7 Å². The second-order valence-electron chi connectivity index (χ2n) is 7.33. The van der Waals surface area contributed by atoms with E-state index in [1.54, 1.807) is 40.9 Å². The van der Waals surface area contributed by atoms with Gasteiger partial charge in [-0.25, -0.2) is 0 Å². The molecule has 3 aliphatic heterocycles. The standard InChI is InChI=1S/C19H23N3O3S/c1-19-8-7-16(23)22(19)15(12-26-19)17(24)20-14-6-4-5-13(11-14)18(25)21-9-2-3-10-21/h4-6,11,15H,2-3,7-10,12H2,1H3,(H,20,24)/t15-,19+/m0/s1. The number of carbonyl (C=O) groups is 3. The number of rotatable bonds is 3. The minimum absolute atomic E-state index is 0.0114. The van der Waals surface area contributed by atoms with E-state index in [-0.39, 0.29) is 22.6 Å². The minimum atomic E-state index is -0.446. The summed E-state index contributed by atoms with van der Waals surface area (Å²) in [6.07, 6.45) is 3.39. The van der Waals surface area contributed by atoms with Crippen molar-refractivity contribution in [2.45, 2.75) is 43.5 Å². The lowest BCUT2D eigenvalue weighted by Crippen LogP contribution is -2.48. The zero-order valence-electron chi connectivity index (χ0n) is 14.9. The van der Waals surface area contributed by atoms with Crippen LogP contribution in [0.2, 0.25) is 0 Å². The van der Waals surface area contributed by atoms with E-state index in [0.29, 0.717) is 23.4 Å². The van der Waals surface area contributed by atoms with Crippen molar-refractivity contribution in [1.29, 1.82) is 0 Å². The van der Waals surface area contributed by atoms with Crippen molar-refractivity contribution in [3.63, 3.8) is 0 Å². The van der Waals surface area contributed by atoms with Crippen LogP contribution in [0.25, 0.3) is 0 Å². The van der Waals surface area contributed by atoms with Gasteiger partial charge in [-0.3, -0.25) is 14.4 Å². The molecule has 3 aliphatic rings. The van der Waals surface area contributed by atoms with Crippen LogP contribution in [0.15, 0.2) is 24.3 Å². The first-order valence-corrected chi connectivity index (χ1v) is 10.1. The van der Waals surface area contributed by atoms with Gasteiger partial charge < -0.3 is 15.1 Å². The highest BCUT2D eigenvalue weighted by molar-refractivity contribution is 8.01. The van der Waals surface area contributed by atoms with Crippen molar-refractivity contribution in [3.8, 4) is 0 Å². The first-order chi connectivity index (χ1) is 12.5. The van der Waals surface area contributed by atoms with Crippen molar-refractivity contribution in [2.75, 3.05) is 24.2 Å². The summed E-state index contributed by atoms with van der Waals surface area (Å²) in [5.74, 6) is 0.496. The average Bonchev–Trinajstić information content (AvgIpc) is 3.33. The molecule has 0 saturated carbocycles. The van der Waals surface area contributed by atoms with E-state index in [1.807, 2.05) is 11.8 Å². The van der Waals surface area contributed by atoms with Crippen LogP contribution < -0.4 is 5.32 Å². The first kappa shape index (κ1) is 17.4. The molecule has 6 nitrogen and oxygen atoms in total. The fourth-order valence-corrected chi connectivity index (χ4v) is 5.50. The zero-order valence-corrected chi connectivity index (χ0v) is 15.7.